The SMILES string of the molecule is CN(C)S(=O)(=O)c1ccc(-c2cn3ccncc3n2)cc1. The van der Waals surface area contributed by atoms with Gasteiger partial charge >= 0.3 is 0 Å². The van der Waals surface area contributed by atoms with Gasteiger partial charge in [0.05, 0.1) is 16.8 Å². The predicted octanol–water partition coefficient (Wildman–Crippen LogP) is 1.65. The Morgan fingerprint density at radius 2 is 1.86 bits per heavy atom. The first kappa shape index (κ1) is 13.7. The van der Waals surface area contributed by atoms with Crippen molar-refractivity contribution in [1.29, 1.82) is 0 Å². The monoisotopic (exact) mass is 302 g/mol. The molecule has 2 aromatic heterocycles. The van der Waals surface area contributed by atoms with E-state index in [9.17, 15) is 8.42 Å². The maximum absolute atomic E-state index is 12.0. The summed E-state index contributed by atoms with van der Waals surface area (Å²) < 4.78 is 27.1. The van der Waals surface area contributed by atoms with Gasteiger partial charge in [-0.1, -0.05) is 12.1 Å². The van der Waals surface area contributed by atoms with E-state index in [-0.39, 0.29) is 4.90 Å². The molecule has 0 fully saturated rings. The Kier molecular flexibility index (Phi) is 3.23. The van der Waals surface area contributed by atoms with Gasteiger partial charge in [0.15, 0.2) is 5.65 Å². The van der Waals surface area contributed by atoms with E-state index in [1.165, 1.54) is 18.4 Å². The first-order valence-electron chi connectivity index (χ1n) is 6.30. The standard InChI is InChI=1S/C14H14N4O2S/c1-17(2)21(19,20)12-5-3-11(4-6-12)13-10-18-8-7-15-9-14(18)16-13/h3-10H,1-2H3. The molecule has 0 saturated carbocycles. The minimum atomic E-state index is -3.40. The molecule has 108 valence electrons. The van der Waals surface area contributed by atoms with Gasteiger partial charge in [-0.2, -0.15) is 0 Å². The minimum Gasteiger partial charge on any atom is -0.304 e. The highest BCUT2D eigenvalue weighted by molar-refractivity contribution is 7.89. The Morgan fingerprint density at radius 1 is 1.14 bits per heavy atom. The summed E-state index contributed by atoms with van der Waals surface area (Å²) in [5.74, 6) is 0. The lowest BCUT2D eigenvalue weighted by Gasteiger charge is -2.11. The van der Waals surface area contributed by atoms with Gasteiger partial charge in [0.1, 0.15) is 0 Å². The summed E-state index contributed by atoms with van der Waals surface area (Å²) in [5.41, 5.74) is 2.38. The number of hydrogen-bond acceptors (Lipinski definition) is 4. The lowest BCUT2D eigenvalue weighted by atomic mass is 10.2. The molecular formula is C14H14N4O2S. The van der Waals surface area contributed by atoms with Gasteiger partial charge in [0.2, 0.25) is 10.0 Å². The van der Waals surface area contributed by atoms with Crippen molar-refractivity contribution in [3.05, 3.63) is 49.1 Å². The van der Waals surface area contributed by atoms with Crippen LogP contribution in [0.2, 0.25) is 0 Å². The maximum Gasteiger partial charge on any atom is 0.242 e. The molecule has 3 rings (SSSR count). The van der Waals surface area contributed by atoms with Gasteiger partial charge in [-0.25, -0.2) is 17.7 Å². The van der Waals surface area contributed by atoms with Gasteiger partial charge in [0.25, 0.3) is 0 Å². The second-order valence-corrected chi connectivity index (χ2v) is 6.93. The third-order valence-corrected chi connectivity index (χ3v) is 5.02. The van der Waals surface area contributed by atoms with E-state index in [1.54, 1.807) is 36.7 Å². The van der Waals surface area contributed by atoms with Crippen LogP contribution in [-0.4, -0.2) is 41.2 Å². The van der Waals surface area contributed by atoms with Crippen molar-refractivity contribution in [2.45, 2.75) is 4.90 Å². The molecule has 0 saturated heterocycles. The largest absolute Gasteiger partial charge is 0.304 e. The summed E-state index contributed by atoms with van der Waals surface area (Å²) in [5, 5.41) is 0. The summed E-state index contributed by atoms with van der Waals surface area (Å²) >= 11 is 0. The maximum atomic E-state index is 12.0. The van der Waals surface area contributed by atoms with Gasteiger partial charge in [-0.3, -0.25) is 4.98 Å². The van der Waals surface area contributed by atoms with Gasteiger partial charge in [-0.05, 0) is 12.1 Å². The molecule has 0 aliphatic carbocycles. The second kappa shape index (κ2) is 4.94. The van der Waals surface area contributed by atoms with Gasteiger partial charge < -0.3 is 4.40 Å². The van der Waals surface area contributed by atoms with Crippen LogP contribution in [0, 0.1) is 0 Å². The number of benzene rings is 1. The van der Waals surface area contributed by atoms with Crippen LogP contribution in [0.1, 0.15) is 0 Å². The number of nitrogens with zero attached hydrogens (tertiary/aromatic N) is 4. The number of hydrogen-bond donors (Lipinski definition) is 0. The first-order chi connectivity index (χ1) is 9.98. The predicted molar refractivity (Wildman–Crippen MR) is 79.3 cm³/mol. The smallest absolute Gasteiger partial charge is 0.242 e. The fourth-order valence-corrected chi connectivity index (χ4v) is 2.89. The summed E-state index contributed by atoms with van der Waals surface area (Å²) in [4.78, 5) is 8.73. The highest BCUT2D eigenvalue weighted by Gasteiger charge is 2.17. The average molecular weight is 302 g/mol. The number of sulfonamides is 1. The van der Waals surface area contributed by atoms with Crippen LogP contribution in [0.15, 0.2) is 53.9 Å². The summed E-state index contributed by atoms with van der Waals surface area (Å²) in [6, 6.07) is 6.69. The summed E-state index contributed by atoms with van der Waals surface area (Å²) in [6.07, 6.45) is 7.06. The van der Waals surface area contributed by atoms with Crippen LogP contribution in [-0.2, 0) is 10.0 Å². The fraction of sp³-hybridized carbons (Fsp3) is 0.143. The molecule has 1 aromatic carbocycles. The first-order valence-corrected chi connectivity index (χ1v) is 7.74. The highest BCUT2D eigenvalue weighted by Crippen LogP contribution is 2.21. The van der Waals surface area contributed by atoms with Crippen molar-refractivity contribution in [3.63, 3.8) is 0 Å². The molecule has 0 aliphatic rings. The second-order valence-electron chi connectivity index (χ2n) is 4.78. The van der Waals surface area contributed by atoms with Crippen LogP contribution in [0.3, 0.4) is 0 Å². The van der Waals surface area contributed by atoms with E-state index < -0.39 is 10.0 Å². The van der Waals surface area contributed by atoms with E-state index in [0.717, 1.165) is 16.9 Å². The Morgan fingerprint density at radius 3 is 2.48 bits per heavy atom. The topological polar surface area (TPSA) is 67.6 Å². The van der Waals surface area contributed by atoms with Crippen LogP contribution < -0.4 is 0 Å². The molecule has 3 aromatic rings. The summed E-state index contributed by atoms with van der Waals surface area (Å²) in [7, 11) is -0.378. The molecule has 21 heavy (non-hydrogen) atoms. The van der Waals surface area contributed by atoms with E-state index in [1.807, 2.05) is 16.8 Å². The minimum absolute atomic E-state index is 0.265. The molecule has 6 nitrogen and oxygen atoms in total. The lowest BCUT2D eigenvalue weighted by Crippen LogP contribution is -2.22. The lowest BCUT2D eigenvalue weighted by molar-refractivity contribution is 0.521. The molecule has 0 N–H and O–H groups in total. The van der Waals surface area contributed by atoms with Crippen molar-refractivity contribution in [1.82, 2.24) is 18.7 Å². The van der Waals surface area contributed by atoms with Crippen LogP contribution in [0.4, 0.5) is 0 Å². The van der Waals surface area contributed by atoms with Crippen LogP contribution in [0.25, 0.3) is 16.9 Å². The average Bonchev–Trinajstić information content (AvgIpc) is 2.91. The zero-order chi connectivity index (χ0) is 15.0. The zero-order valence-electron chi connectivity index (χ0n) is 11.6. The van der Waals surface area contributed by atoms with Gasteiger partial charge in [-0.15, -0.1) is 0 Å². The van der Waals surface area contributed by atoms with Crippen molar-refractivity contribution in [2.24, 2.45) is 0 Å². The third-order valence-electron chi connectivity index (χ3n) is 3.19. The van der Waals surface area contributed by atoms with E-state index in [2.05, 4.69) is 9.97 Å². The Hall–Kier alpha value is -2.25. The Labute approximate surface area is 122 Å². The molecule has 0 radical (unpaired) electrons. The molecule has 0 spiro atoms. The Bertz CT molecular complexity index is 850. The quantitative estimate of drug-likeness (QED) is 0.738. The molecule has 0 unspecified atom stereocenters. The summed E-state index contributed by atoms with van der Waals surface area (Å²) in [6.45, 7) is 0. The molecule has 0 aliphatic heterocycles. The van der Waals surface area contributed by atoms with Crippen LogP contribution in [0.5, 0.6) is 0 Å². The molecule has 7 heteroatoms. The molecule has 0 bridgehead atoms. The number of aromatic nitrogens is 3. The van der Waals surface area contributed by atoms with Crippen LogP contribution >= 0.6 is 0 Å². The van der Waals surface area contributed by atoms with Crippen molar-refractivity contribution >= 4 is 15.7 Å². The van der Waals surface area contributed by atoms with Crippen molar-refractivity contribution in [3.8, 4) is 11.3 Å². The van der Waals surface area contributed by atoms with E-state index >= 15 is 0 Å². The molecule has 0 amide bonds. The van der Waals surface area contributed by atoms with E-state index in [4.69, 9.17) is 0 Å². The number of imidazole rings is 1. The fourth-order valence-electron chi connectivity index (χ4n) is 1.99. The number of rotatable bonds is 3. The highest BCUT2D eigenvalue weighted by atomic mass is 32.2. The third kappa shape index (κ3) is 2.41. The van der Waals surface area contributed by atoms with Gasteiger partial charge in [0, 0.05) is 38.2 Å². The van der Waals surface area contributed by atoms with Crippen molar-refractivity contribution < 1.29 is 8.42 Å². The van der Waals surface area contributed by atoms with E-state index in [0.29, 0.717) is 0 Å². The normalized spacial score (nSPS) is 12.1. The molecule has 0 atom stereocenters. The molecule has 2 heterocycles. The zero-order valence-corrected chi connectivity index (χ0v) is 12.4. The van der Waals surface area contributed by atoms with Crippen molar-refractivity contribution in [2.75, 3.05) is 14.1 Å². The molecular weight excluding hydrogens is 288 g/mol. The Balaban J connectivity index is 2.01. The number of fused-ring (bicyclic) bond motifs is 1.